The minimum absolute atomic E-state index is 0.732. The second kappa shape index (κ2) is 5.49. The van der Waals surface area contributed by atoms with Crippen molar-refractivity contribution in [2.75, 3.05) is 36.0 Å². The van der Waals surface area contributed by atoms with Crippen molar-refractivity contribution >= 4 is 23.1 Å². The predicted octanol–water partition coefficient (Wildman–Crippen LogP) is 3.06. The Hall–Kier alpha value is -1.74. The molecule has 3 rings (SSSR count). The van der Waals surface area contributed by atoms with Crippen LogP contribution in [0, 0.1) is 0 Å². The molecule has 2 heterocycles. The fourth-order valence-corrected chi connectivity index (χ4v) is 2.67. The van der Waals surface area contributed by atoms with Gasteiger partial charge in [-0.05, 0) is 24.3 Å². The van der Waals surface area contributed by atoms with Gasteiger partial charge in [0.05, 0.1) is 5.02 Å². The first-order valence-corrected chi connectivity index (χ1v) is 6.88. The third kappa shape index (κ3) is 2.66. The maximum atomic E-state index is 6.19. The largest absolute Gasteiger partial charge is 0.368 e. The normalized spacial score (nSPS) is 15.6. The number of hydrogen-bond acceptors (Lipinski definition) is 3. The molecule has 0 N–H and O–H groups in total. The lowest BCUT2D eigenvalue weighted by Crippen LogP contribution is -2.46. The molecule has 1 saturated heterocycles. The fourth-order valence-electron chi connectivity index (χ4n) is 2.43. The molecule has 2 aromatic rings. The smallest absolute Gasteiger partial charge is 0.147 e. The molecule has 0 spiro atoms. The van der Waals surface area contributed by atoms with E-state index in [1.165, 1.54) is 5.69 Å². The molecular formula is C15H16ClN3. The Kier molecular flexibility index (Phi) is 3.56. The van der Waals surface area contributed by atoms with Crippen LogP contribution in [0.2, 0.25) is 5.02 Å². The van der Waals surface area contributed by atoms with Crippen LogP contribution in [-0.2, 0) is 0 Å². The van der Waals surface area contributed by atoms with Crippen molar-refractivity contribution in [3.63, 3.8) is 0 Å². The number of rotatable bonds is 2. The molecule has 0 amide bonds. The number of para-hydroxylation sites is 1. The summed E-state index contributed by atoms with van der Waals surface area (Å²) < 4.78 is 0. The zero-order valence-corrected chi connectivity index (χ0v) is 11.4. The molecule has 1 aromatic heterocycles. The van der Waals surface area contributed by atoms with E-state index in [4.69, 9.17) is 11.6 Å². The van der Waals surface area contributed by atoms with E-state index in [2.05, 4.69) is 39.0 Å². The molecule has 0 unspecified atom stereocenters. The number of pyridine rings is 1. The Morgan fingerprint density at radius 2 is 1.53 bits per heavy atom. The summed E-state index contributed by atoms with van der Waals surface area (Å²) in [6.45, 7) is 3.89. The second-order valence-corrected chi connectivity index (χ2v) is 5.03. The summed E-state index contributed by atoms with van der Waals surface area (Å²) in [7, 11) is 0. The van der Waals surface area contributed by atoms with Crippen LogP contribution in [0.25, 0.3) is 0 Å². The van der Waals surface area contributed by atoms with Crippen LogP contribution in [0.15, 0.2) is 48.7 Å². The van der Waals surface area contributed by atoms with Crippen molar-refractivity contribution in [1.29, 1.82) is 0 Å². The van der Waals surface area contributed by atoms with E-state index in [9.17, 15) is 0 Å². The van der Waals surface area contributed by atoms with E-state index >= 15 is 0 Å². The first-order valence-electron chi connectivity index (χ1n) is 6.50. The minimum atomic E-state index is 0.732. The molecule has 1 aliphatic rings. The lowest BCUT2D eigenvalue weighted by atomic mass is 10.2. The van der Waals surface area contributed by atoms with Crippen molar-refractivity contribution < 1.29 is 0 Å². The highest BCUT2D eigenvalue weighted by molar-refractivity contribution is 6.32. The minimum Gasteiger partial charge on any atom is -0.368 e. The Morgan fingerprint density at radius 3 is 2.21 bits per heavy atom. The van der Waals surface area contributed by atoms with Gasteiger partial charge in [-0.3, -0.25) is 0 Å². The van der Waals surface area contributed by atoms with E-state index in [1.807, 2.05) is 18.2 Å². The average molecular weight is 274 g/mol. The number of aromatic nitrogens is 1. The second-order valence-electron chi connectivity index (χ2n) is 4.62. The highest BCUT2D eigenvalue weighted by atomic mass is 35.5. The number of hydrogen-bond donors (Lipinski definition) is 0. The van der Waals surface area contributed by atoms with Crippen LogP contribution in [0.4, 0.5) is 11.5 Å². The fraction of sp³-hybridized carbons (Fsp3) is 0.267. The Labute approximate surface area is 118 Å². The predicted molar refractivity (Wildman–Crippen MR) is 80.1 cm³/mol. The van der Waals surface area contributed by atoms with Gasteiger partial charge >= 0.3 is 0 Å². The number of nitrogens with zero attached hydrogens (tertiary/aromatic N) is 3. The van der Waals surface area contributed by atoms with E-state index < -0.39 is 0 Å². The van der Waals surface area contributed by atoms with Gasteiger partial charge in [-0.15, -0.1) is 0 Å². The molecule has 98 valence electrons. The van der Waals surface area contributed by atoms with Gasteiger partial charge in [0.2, 0.25) is 0 Å². The first kappa shape index (κ1) is 12.3. The maximum absolute atomic E-state index is 6.19. The summed E-state index contributed by atoms with van der Waals surface area (Å²) in [5.74, 6) is 0.900. The van der Waals surface area contributed by atoms with Crippen molar-refractivity contribution in [2.45, 2.75) is 0 Å². The molecule has 3 nitrogen and oxygen atoms in total. The highest BCUT2D eigenvalue weighted by Gasteiger charge is 2.19. The van der Waals surface area contributed by atoms with Gasteiger partial charge in [-0.25, -0.2) is 4.98 Å². The summed E-state index contributed by atoms with van der Waals surface area (Å²) in [6.07, 6.45) is 1.80. The molecule has 1 fully saturated rings. The summed E-state index contributed by atoms with van der Waals surface area (Å²) in [6, 6.07) is 14.3. The van der Waals surface area contributed by atoms with Gasteiger partial charge in [0.25, 0.3) is 0 Å². The van der Waals surface area contributed by atoms with Crippen LogP contribution in [-0.4, -0.2) is 31.2 Å². The third-order valence-corrected chi connectivity index (χ3v) is 3.73. The van der Waals surface area contributed by atoms with Crippen LogP contribution in [0.3, 0.4) is 0 Å². The van der Waals surface area contributed by atoms with E-state index in [0.29, 0.717) is 0 Å². The molecule has 1 aromatic carbocycles. The monoisotopic (exact) mass is 273 g/mol. The number of halogens is 1. The highest BCUT2D eigenvalue weighted by Crippen LogP contribution is 2.24. The standard InChI is InChI=1S/C15H16ClN3/c16-14-7-4-8-17-15(14)19-11-9-18(10-12-19)13-5-2-1-3-6-13/h1-8H,9-12H2. The molecule has 0 bridgehead atoms. The Balaban J connectivity index is 1.69. The van der Waals surface area contributed by atoms with Crippen LogP contribution >= 0.6 is 11.6 Å². The van der Waals surface area contributed by atoms with Crippen molar-refractivity contribution in [3.05, 3.63) is 53.7 Å². The molecule has 0 atom stereocenters. The van der Waals surface area contributed by atoms with Gasteiger partial charge in [0, 0.05) is 38.1 Å². The molecule has 19 heavy (non-hydrogen) atoms. The molecule has 0 aliphatic carbocycles. The van der Waals surface area contributed by atoms with Gasteiger partial charge in [-0.1, -0.05) is 29.8 Å². The molecular weight excluding hydrogens is 258 g/mol. The summed E-state index contributed by atoms with van der Waals surface area (Å²) in [5, 5.41) is 0.732. The lowest BCUT2D eigenvalue weighted by Gasteiger charge is -2.37. The van der Waals surface area contributed by atoms with Crippen molar-refractivity contribution in [3.8, 4) is 0 Å². The van der Waals surface area contributed by atoms with Gasteiger partial charge in [0.15, 0.2) is 0 Å². The first-order chi connectivity index (χ1) is 9.34. The Bertz CT molecular complexity index is 536. The summed E-state index contributed by atoms with van der Waals surface area (Å²) >= 11 is 6.19. The SMILES string of the molecule is Clc1cccnc1N1CCN(c2ccccc2)CC1. The van der Waals surface area contributed by atoms with E-state index in [1.54, 1.807) is 6.20 Å². The zero-order chi connectivity index (χ0) is 13.1. The van der Waals surface area contributed by atoms with E-state index in [0.717, 1.165) is 37.0 Å². The van der Waals surface area contributed by atoms with Crippen molar-refractivity contribution in [1.82, 2.24) is 4.98 Å². The topological polar surface area (TPSA) is 19.4 Å². The lowest BCUT2D eigenvalue weighted by molar-refractivity contribution is 0.647. The zero-order valence-electron chi connectivity index (χ0n) is 10.7. The maximum Gasteiger partial charge on any atom is 0.147 e. The Morgan fingerprint density at radius 1 is 0.842 bits per heavy atom. The van der Waals surface area contributed by atoms with Gasteiger partial charge < -0.3 is 9.80 Å². The molecule has 1 aliphatic heterocycles. The average Bonchev–Trinajstić information content (AvgIpc) is 2.49. The van der Waals surface area contributed by atoms with E-state index in [-0.39, 0.29) is 0 Å². The third-order valence-electron chi connectivity index (χ3n) is 3.44. The quantitative estimate of drug-likeness (QED) is 0.838. The van der Waals surface area contributed by atoms with Crippen molar-refractivity contribution in [2.24, 2.45) is 0 Å². The van der Waals surface area contributed by atoms with Gasteiger partial charge in [-0.2, -0.15) is 0 Å². The number of anilines is 2. The van der Waals surface area contributed by atoms with Crippen LogP contribution < -0.4 is 9.80 Å². The van der Waals surface area contributed by atoms with Crippen LogP contribution in [0.1, 0.15) is 0 Å². The molecule has 0 saturated carbocycles. The molecule has 4 heteroatoms. The summed E-state index contributed by atoms with van der Waals surface area (Å²) in [4.78, 5) is 9.02. The summed E-state index contributed by atoms with van der Waals surface area (Å²) in [5.41, 5.74) is 1.29. The van der Waals surface area contributed by atoms with Crippen LogP contribution in [0.5, 0.6) is 0 Å². The number of benzene rings is 1. The molecule has 0 radical (unpaired) electrons. The van der Waals surface area contributed by atoms with Gasteiger partial charge in [0.1, 0.15) is 5.82 Å². The number of piperazine rings is 1.